The van der Waals surface area contributed by atoms with Crippen LogP contribution in [0.25, 0.3) is 0 Å². The van der Waals surface area contributed by atoms with Gasteiger partial charge in [0.25, 0.3) is 0 Å². The highest BCUT2D eigenvalue weighted by molar-refractivity contribution is 6.44. The molecule has 2 N–H and O–H groups in total. The van der Waals surface area contributed by atoms with E-state index < -0.39 is 0 Å². The van der Waals surface area contributed by atoms with E-state index in [-0.39, 0.29) is 11.8 Å². The van der Waals surface area contributed by atoms with Gasteiger partial charge in [-0.1, -0.05) is 70.7 Å². The minimum absolute atomic E-state index is 0.0809. The van der Waals surface area contributed by atoms with E-state index in [1.165, 1.54) is 11.1 Å². The summed E-state index contributed by atoms with van der Waals surface area (Å²) < 4.78 is 11.8. The number of carbonyl (C=O) groups excluding carboxylic acids is 2. The van der Waals surface area contributed by atoms with Crippen LogP contribution in [0.4, 0.5) is 22.7 Å². The molecule has 0 atom stereocenters. The summed E-state index contributed by atoms with van der Waals surface area (Å²) in [5, 5.41) is 8.35. The third kappa shape index (κ3) is 12.1. The van der Waals surface area contributed by atoms with Gasteiger partial charge in [-0.25, -0.2) is 0 Å². The SMILES string of the molecule is O=C1CCc2ccc(OCCCCN3CCN(c4cccc(Cl)c4Cl)CC3)cc2N1.O=C1CCc2ccc(OCCCCN3CCN(c4cccc(Cl)c4Cl)CC3)cc2N1. The Labute approximate surface area is 374 Å². The van der Waals surface area contributed by atoms with Gasteiger partial charge in [-0.15, -0.1) is 0 Å². The predicted molar refractivity (Wildman–Crippen MR) is 246 cm³/mol. The maximum absolute atomic E-state index is 11.5. The van der Waals surface area contributed by atoms with Gasteiger partial charge in [0, 0.05) is 88.7 Å². The highest BCUT2D eigenvalue weighted by atomic mass is 35.5. The number of unbranched alkanes of at least 4 members (excludes halogenated alkanes) is 2. The monoisotopic (exact) mass is 894 g/mol. The Hall–Kier alpha value is -3.90. The summed E-state index contributed by atoms with van der Waals surface area (Å²) in [4.78, 5) is 32.7. The number of nitrogens with one attached hydrogen (secondary N) is 2. The Balaban J connectivity index is 0.000000181. The lowest BCUT2D eigenvalue weighted by Gasteiger charge is -2.36. The van der Waals surface area contributed by atoms with E-state index in [9.17, 15) is 9.59 Å². The Bertz CT molecular complexity index is 1940. The topological polar surface area (TPSA) is 89.6 Å². The molecule has 0 radical (unpaired) electrons. The van der Waals surface area contributed by atoms with Crippen LogP contribution in [0.1, 0.15) is 49.7 Å². The summed E-state index contributed by atoms with van der Waals surface area (Å²) in [5.74, 6) is 1.81. The molecule has 8 rings (SSSR count). The first-order valence-electron chi connectivity index (χ1n) is 21.1. The van der Waals surface area contributed by atoms with Crippen LogP contribution in [-0.2, 0) is 22.4 Å². The quantitative estimate of drug-likeness (QED) is 0.121. The molecule has 0 aliphatic carbocycles. The molecule has 14 heteroatoms. The van der Waals surface area contributed by atoms with Crippen LogP contribution < -0.4 is 29.9 Å². The van der Waals surface area contributed by atoms with Crippen molar-refractivity contribution in [2.45, 2.75) is 51.4 Å². The zero-order valence-electron chi connectivity index (χ0n) is 34.0. The predicted octanol–water partition coefficient (Wildman–Crippen LogP) is 9.72. The van der Waals surface area contributed by atoms with Crippen LogP contribution in [0.5, 0.6) is 11.5 Å². The van der Waals surface area contributed by atoms with Crippen molar-refractivity contribution in [1.82, 2.24) is 9.80 Å². The first-order chi connectivity index (χ1) is 29.2. The molecule has 4 aliphatic rings. The lowest BCUT2D eigenvalue weighted by atomic mass is 10.0. The van der Waals surface area contributed by atoms with Gasteiger partial charge in [0.2, 0.25) is 11.8 Å². The van der Waals surface area contributed by atoms with Gasteiger partial charge in [-0.2, -0.15) is 0 Å². The number of benzene rings is 4. The van der Waals surface area contributed by atoms with Crippen LogP contribution in [0.3, 0.4) is 0 Å². The normalized spacial score (nSPS) is 16.9. The molecule has 0 saturated carbocycles. The van der Waals surface area contributed by atoms with Crippen LogP contribution >= 0.6 is 46.4 Å². The lowest BCUT2D eigenvalue weighted by Crippen LogP contribution is -2.46. The summed E-state index contributed by atoms with van der Waals surface area (Å²) in [7, 11) is 0. The lowest BCUT2D eigenvalue weighted by molar-refractivity contribution is -0.117. The zero-order chi connectivity index (χ0) is 41.8. The number of nitrogens with zero attached hydrogens (tertiary/aromatic N) is 4. The fourth-order valence-electron chi connectivity index (χ4n) is 8.03. The summed E-state index contributed by atoms with van der Waals surface area (Å²) in [6, 6.07) is 23.6. The fraction of sp³-hybridized carbons (Fsp3) is 0.435. The summed E-state index contributed by atoms with van der Waals surface area (Å²) in [6.07, 6.45) is 6.93. The molecule has 2 amide bonds. The number of halogens is 4. The number of aryl methyl sites for hydroxylation is 2. The second-order valence-electron chi connectivity index (χ2n) is 15.6. The Morgan fingerprint density at radius 3 is 1.33 bits per heavy atom. The number of fused-ring (bicyclic) bond motifs is 2. The van der Waals surface area contributed by atoms with Gasteiger partial charge in [-0.3, -0.25) is 19.4 Å². The number of hydrogen-bond donors (Lipinski definition) is 2. The molecule has 60 heavy (non-hydrogen) atoms. The number of ether oxygens (including phenoxy) is 2. The highest BCUT2D eigenvalue weighted by Gasteiger charge is 2.22. The van der Waals surface area contributed by atoms with Crippen molar-refractivity contribution in [3.05, 3.63) is 104 Å². The zero-order valence-corrected chi connectivity index (χ0v) is 37.0. The van der Waals surface area contributed by atoms with E-state index in [1.807, 2.05) is 60.7 Å². The van der Waals surface area contributed by atoms with Gasteiger partial charge in [0.05, 0.1) is 44.7 Å². The van der Waals surface area contributed by atoms with Crippen molar-refractivity contribution >= 4 is 81.0 Å². The average Bonchev–Trinajstić information content (AvgIpc) is 3.26. The van der Waals surface area contributed by atoms with E-state index in [0.717, 1.165) is 138 Å². The molecule has 0 bridgehead atoms. The molecule has 4 aliphatic heterocycles. The summed E-state index contributed by atoms with van der Waals surface area (Å²) in [6.45, 7) is 11.4. The van der Waals surface area contributed by atoms with Gasteiger partial charge >= 0.3 is 0 Å². The van der Waals surface area contributed by atoms with Gasteiger partial charge in [0.15, 0.2) is 0 Å². The number of amides is 2. The van der Waals surface area contributed by atoms with Crippen molar-refractivity contribution in [3.63, 3.8) is 0 Å². The summed E-state index contributed by atoms with van der Waals surface area (Å²) in [5.41, 5.74) is 6.19. The molecular weight excluding hydrogens is 842 g/mol. The van der Waals surface area contributed by atoms with E-state index in [0.29, 0.717) is 46.1 Å². The molecule has 10 nitrogen and oxygen atoms in total. The number of rotatable bonds is 14. The Kier molecular flexibility index (Phi) is 16.0. The summed E-state index contributed by atoms with van der Waals surface area (Å²) >= 11 is 25.0. The molecule has 0 spiro atoms. The van der Waals surface area contributed by atoms with Crippen LogP contribution in [0.15, 0.2) is 72.8 Å². The van der Waals surface area contributed by atoms with Gasteiger partial charge in [-0.05, 0) is 99.1 Å². The molecule has 4 heterocycles. The molecule has 4 aromatic carbocycles. The maximum Gasteiger partial charge on any atom is 0.224 e. The van der Waals surface area contributed by atoms with Crippen LogP contribution in [0.2, 0.25) is 20.1 Å². The number of piperazine rings is 2. The average molecular weight is 897 g/mol. The molecule has 2 saturated heterocycles. The third-order valence-electron chi connectivity index (χ3n) is 11.5. The van der Waals surface area contributed by atoms with E-state index in [1.54, 1.807) is 0 Å². The van der Waals surface area contributed by atoms with E-state index in [2.05, 4.69) is 42.4 Å². The second kappa shape index (κ2) is 21.8. The number of hydrogen-bond acceptors (Lipinski definition) is 8. The minimum Gasteiger partial charge on any atom is -0.494 e. The van der Waals surface area contributed by atoms with Crippen molar-refractivity contribution in [2.24, 2.45) is 0 Å². The standard InChI is InChI=1S/2C23H27Cl2N3O2/c2*24-19-4-3-5-21(23(19)25)28-13-11-27(12-14-28)10-1-2-15-30-18-8-6-17-7-9-22(29)26-20(17)16-18/h2*3-6,8,16H,1-2,7,9-15H2,(H,26,29). The van der Waals surface area contributed by atoms with E-state index >= 15 is 0 Å². The van der Waals surface area contributed by atoms with Gasteiger partial charge < -0.3 is 29.9 Å². The minimum atomic E-state index is 0.0809. The molecule has 0 aromatic heterocycles. The van der Waals surface area contributed by atoms with Crippen LogP contribution in [-0.4, -0.2) is 100 Å². The fourth-order valence-corrected chi connectivity index (χ4v) is 8.86. The third-order valence-corrected chi connectivity index (χ3v) is 13.1. The molecule has 320 valence electrons. The Morgan fingerprint density at radius 2 is 0.917 bits per heavy atom. The molecular formula is C46H54Cl4N6O4. The Morgan fingerprint density at radius 1 is 0.500 bits per heavy atom. The van der Waals surface area contributed by atoms with E-state index in [4.69, 9.17) is 55.9 Å². The number of carbonyl (C=O) groups is 2. The highest BCUT2D eigenvalue weighted by Crippen LogP contribution is 2.34. The maximum atomic E-state index is 11.5. The first-order valence-corrected chi connectivity index (χ1v) is 22.6. The molecule has 4 aromatic rings. The van der Waals surface area contributed by atoms with Crippen molar-refractivity contribution in [2.75, 3.05) is 99.1 Å². The van der Waals surface area contributed by atoms with Crippen molar-refractivity contribution in [3.8, 4) is 11.5 Å². The molecule has 0 unspecified atom stereocenters. The smallest absolute Gasteiger partial charge is 0.224 e. The second-order valence-corrected chi connectivity index (χ2v) is 17.2. The van der Waals surface area contributed by atoms with Crippen LogP contribution in [0, 0.1) is 0 Å². The largest absolute Gasteiger partial charge is 0.494 e. The molecule has 2 fully saturated rings. The first kappa shape index (κ1) is 44.2. The number of anilines is 4. The van der Waals surface area contributed by atoms with Crippen molar-refractivity contribution in [1.29, 1.82) is 0 Å². The van der Waals surface area contributed by atoms with Crippen molar-refractivity contribution < 1.29 is 19.1 Å². The van der Waals surface area contributed by atoms with Gasteiger partial charge in [0.1, 0.15) is 11.5 Å².